The van der Waals surface area contributed by atoms with Gasteiger partial charge in [-0.15, -0.1) is 0 Å². The summed E-state index contributed by atoms with van der Waals surface area (Å²) in [7, 11) is 0. The second kappa shape index (κ2) is 13.6. The molecule has 2 aromatic rings. The summed E-state index contributed by atoms with van der Waals surface area (Å²) >= 11 is 9.91. The van der Waals surface area contributed by atoms with Crippen molar-refractivity contribution in [2.75, 3.05) is 19.8 Å². The van der Waals surface area contributed by atoms with Gasteiger partial charge in [0.25, 0.3) is 0 Å². The number of carbonyl (C=O) groups is 2. The second-order valence-corrected chi connectivity index (χ2v) is 17.4. The summed E-state index contributed by atoms with van der Waals surface area (Å²) in [6.07, 6.45) is 1.89. The number of amides is 1. The van der Waals surface area contributed by atoms with E-state index < -0.39 is 8.24 Å². The molecule has 1 aliphatic carbocycles. The van der Waals surface area contributed by atoms with Gasteiger partial charge in [-0.25, -0.2) is 4.79 Å². The smallest absolute Gasteiger partial charge is 0.407 e. The van der Waals surface area contributed by atoms with E-state index in [0.717, 1.165) is 6.42 Å². The highest BCUT2D eigenvalue weighted by Crippen LogP contribution is 2.44. The minimum Gasteiger partial charge on any atom is -0.462 e. The van der Waals surface area contributed by atoms with Crippen LogP contribution in [0.2, 0.25) is 0 Å². The van der Waals surface area contributed by atoms with E-state index in [1.165, 1.54) is 22.3 Å². The van der Waals surface area contributed by atoms with Crippen molar-refractivity contribution < 1.29 is 23.8 Å². The Bertz CT molecular complexity index is 1020. The van der Waals surface area contributed by atoms with E-state index in [1.807, 2.05) is 45.0 Å². The van der Waals surface area contributed by atoms with E-state index in [4.69, 9.17) is 14.2 Å². The Morgan fingerprint density at radius 2 is 1.51 bits per heavy atom. The highest BCUT2D eigenvalue weighted by atomic mass is 80.0. The first-order valence-electron chi connectivity index (χ1n) is 12.4. The minimum absolute atomic E-state index is 0.00531. The van der Waals surface area contributed by atoms with Gasteiger partial charge in [0.2, 0.25) is 0 Å². The zero-order chi connectivity index (χ0) is 27.1. The molecule has 6 nitrogen and oxygen atoms in total. The summed E-state index contributed by atoms with van der Waals surface area (Å²) in [4.78, 5) is 24.8. The van der Waals surface area contributed by atoms with Gasteiger partial charge in [-0.1, -0.05) is 103 Å². The molecule has 9 heteroatoms. The number of benzene rings is 2. The third-order valence-electron chi connectivity index (χ3n) is 5.96. The standard InChI is InChI=1S/C28H34Br3NO5/c1-27(2,3)37-16-19(10-4-9-15-25(33)36-18-28(29,30)31)32-26(34)35-17-24-22-13-7-5-11-20(22)21-12-6-8-14-23(21)24/h5-8,11-14,19,24H,4,9-10,15-18H2,1-3H3,(H,32,34)/t19-/m1/s1. The Balaban J connectivity index is 1.51. The molecule has 0 heterocycles. The minimum atomic E-state index is -0.606. The Morgan fingerprint density at radius 3 is 2.08 bits per heavy atom. The van der Waals surface area contributed by atoms with Gasteiger partial charge in [0.1, 0.15) is 13.2 Å². The molecule has 37 heavy (non-hydrogen) atoms. The zero-order valence-electron chi connectivity index (χ0n) is 21.4. The number of alkyl carbamates (subject to hydrolysis) is 1. The average Bonchev–Trinajstić information content (AvgIpc) is 3.15. The average molecular weight is 704 g/mol. The Morgan fingerprint density at radius 1 is 0.919 bits per heavy atom. The van der Waals surface area contributed by atoms with Crippen molar-refractivity contribution in [2.24, 2.45) is 0 Å². The van der Waals surface area contributed by atoms with Crippen LogP contribution >= 0.6 is 47.8 Å². The summed E-state index contributed by atoms with van der Waals surface area (Å²) in [5.74, 6) is -0.263. The molecule has 0 aromatic heterocycles. The topological polar surface area (TPSA) is 73.9 Å². The number of alkyl halides is 3. The third-order valence-corrected chi connectivity index (χ3v) is 6.65. The lowest BCUT2D eigenvalue weighted by molar-refractivity contribution is -0.143. The Hall–Kier alpha value is -1.42. The van der Waals surface area contributed by atoms with E-state index in [1.54, 1.807) is 0 Å². The predicted octanol–water partition coefficient (Wildman–Crippen LogP) is 7.65. The van der Waals surface area contributed by atoms with Gasteiger partial charge in [-0.2, -0.15) is 0 Å². The molecular formula is C28H34Br3NO5. The van der Waals surface area contributed by atoms with Crippen molar-refractivity contribution in [1.29, 1.82) is 0 Å². The fourth-order valence-electron chi connectivity index (χ4n) is 4.25. The lowest BCUT2D eigenvalue weighted by Crippen LogP contribution is -2.41. The number of halogens is 3. The van der Waals surface area contributed by atoms with Crippen LogP contribution in [0, 0.1) is 0 Å². The van der Waals surface area contributed by atoms with Crippen LogP contribution in [0.15, 0.2) is 48.5 Å². The van der Waals surface area contributed by atoms with Crippen molar-refractivity contribution >= 4 is 59.9 Å². The van der Waals surface area contributed by atoms with Crippen LogP contribution in [0.25, 0.3) is 11.1 Å². The molecular weight excluding hydrogens is 670 g/mol. The van der Waals surface area contributed by atoms with E-state index in [0.29, 0.717) is 25.9 Å². The number of nitrogens with one attached hydrogen (secondary N) is 1. The first-order chi connectivity index (χ1) is 17.4. The summed E-state index contributed by atoms with van der Waals surface area (Å²) in [6.45, 7) is 6.71. The largest absolute Gasteiger partial charge is 0.462 e. The van der Waals surface area contributed by atoms with Crippen LogP contribution in [0.3, 0.4) is 0 Å². The lowest BCUT2D eigenvalue weighted by atomic mass is 9.98. The van der Waals surface area contributed by atoms with Crippen LogP contribution < -0.4 is 5.32 Å². The van der Waals surface area contributed by atoms with E-state index in [9.17, 15) is 9.59 Å². The van der Waals surface area contributed by atoms with Gasteiger partial charge in [-0.3, -0.25) is 4.79 Å². The molecule has 0 saturated carbocycles. The molecule has 1 amide bonds. The van der Waals surface area contributed by atoms with Crippen LogP contribution in [0.4, 0.5) is 4.79 Å². The highest BCUT2D eigenvalue weighted by molar-refractivity contribution is 9.39. The monoisotopic (exact) mass is 701 g/mol. The normalized spacial score (nSPS) is 14.0. The summed E-state index contributed by atoms with van der Waals surface area (Å²) in [5.41, 5.74) is 4.40. The molecule has 3 rings (SSSR count). The second-order valence-electron chi connectivity index (χ2n) is 10.1. The predicted molar refractivity (Wildman–Crippen MR) is 157 cm³/mol. The van der Waals surface area contributed by atoms with Crippen LogP contribution in [-0.2, 0) is 19.0 Å². The number of hydrogen-bond acceptors (Lipinski definition) is 5. The number of unbranched alkanes of at least 4 members (excludes halogenated alkanes) is 1. The van der Waals surface area contributed by atoms with Gasteiger partial charge in [-0.05, 0) is 55.9 Å². The molecule has 0 aliphatic heterocycles. The number of hydrogen-bond donors (Lipinski definition) is 1. The molecule has 0 bridgehead atoms. The molecule has 0 saturated heterocycles. The fourth-order valence-corrected chi connectivity index (χ4v) is 4.59. The van der Waals surface area contributed by atoms with Gasteiger partial charge in [0, 0.05) is 12.3 Å². The number of fused-ring (bicyclic) bond motifs is 3. The van der Waals surface area contributed by atoms with Crippen molar-refractivity contribution in [1.82, 2.24) is 5.32 Å². The Kier molecular flexibility index (Phi) is 11.1. The molecule has 2 aromatic carbocycles. The zero-order valence-corrected chi connectivity index (χ0v) is 26.2. The van der Waals surface area contributed by atoms with Gasteiger partial charge >= 0.3 is 12.1 Å². The maximum Gasteiger partial charge on any atom is 0.407 e. The fraction of sp³-hybridized carbons (Fsp3) is 0.500. The van der Waals surface area contributed by atoms with Crippen LogP contribution in [0.5, 0.6) is 0 Å². The van der Waals surface area contributed by atoms with Crippen LogP contribution in [0.1, 0.15) is 63.5 Å². The van der Waals surface area contributed by atoms with Crippen molar-refractivity contribution in [3.05, 3.63) is 59.7 Å². The van der Waals surface area contributed by atoms with Gasteiger partial charge in [0.05, 0.1) is 18.2 Å². The van der Waals surface area contributed by atoms with E-state index in [2.05, 4.69) is 77.4 Å². The summed E-state index contributed by atoms with van der Waals surface area (Å²) in [6, 6.07) is 16.3. The molecule has 1 atom stereocenters. The quantitative estimate of drug-likeness (QED) is 0.148. The van der Waals surface area contributed by atoms with E-state index >= 15 is 0 Å². The molecule has 0 radical (unpaired) electrons. The first-order valence-corrected chi connectivity index (χ1v) is 14.8. The number of ether oxygens (including phenoxy) is 3. The highest BCUT2D eigenvalue weighted by Gasteiger charge is 2.29. The van der Waals surface area contributed by atoms with Crippen molar-refractivity contribution in [2.45, 2.75) is 66.2 Å². The molecule has 202 valence electrons. The van der Waals surface area contributed by atoms with Gasteiger partial charge in [0.15, 0.2) is 2.14 Å². The number of esters is 1. The van der Waals surface area contributed by atoms with E-state index in [-0.39, 0.29) is 36.7 Å². The number of carbonyl (C=O) groups excluding carboxylic acids is 2. The lowest BCUT2D eigenvalue weighted by Gasteiger charge is -2.25. The van der Waals surface area contributed by atoms with Crippen molar-refractivity contribution in [3.8, 4) is 11.1 Å². The molecule has 0 unspecified atom stereocenters. The molecule has 0 spiro atoms. The SMILES string of the molecule is CC(C)(C)OC[C@@H](CCCCC(=O)OCC(Br)(Br)Br)NC(=O)OCC1c2ccccc2-c2ccccc21. The summed E-state index contributed by atoms with van der Waals surface area (Å²) in [5, 5.41) is 2.97. The number of rotatable bonds is 11. The molecule has 0 fully saturated rings. The maximum absolute atomic E-state index is 12.8. The first kappa shape index (κ1) is 30.1. The summed E-state index contributed by atoms with van der Waals surface area (Å²) < 4.78 is 16.3. The molecule has 1 N–H and O–H groups in total. The maximum atomic E-state index is 12.8. The Labute approximate surface area is 244 Å². The van der Waals surface area contributed by atoms with Gasteiger partial charge < -0.3 is 19.5 Å². The van der Waals surface area contributed by atoms with Crippen LogP contribution in [-0.4, -0.2) is 45.7 Å². The third kappa shape index (κ3) is 10.0. The molecule has 1 aliphatic rings. The van der Waals surface area contributed by atoms with Crippen molar-refractivity contribution in [3.63, 3.8) is 0 Å².